The Labute approximate surface area is 158 Å². The molecule has 1 aromatic heterocycles. The van der Waals surface area contributed by atoms with Crippen LogP contribution >= 0.6 is 15.9 Å². The van der Waals surface area contributed by atoms with Crippen LogP contribution in [0.1, 0.15) is 36.4 Å². The first-order valence-corrected chi connectivity index (χ1v) is 9.16. The van der Waals surface area contributed by atoms with Crippen molar-refractivity contribution >= 4 is 34.2 Å². The Balaban J connectivity index is 2.17. The van der Waals surface area contributed by atoms with E-state index in [1.807, 2.05) is 13.8 Å². The molecule has 2 aliphatic rings. The van der Waals surface area contributed by atoms with Gasteiger partial charge in [0.1, 0.15) is 11.5 Å². The summed E-state index contributed by atoms with van der Waals surface area (Å²) >= 11 is 3.22. The van der Waals surface area contributed by atoms with Gasteiger partial charge in [-0.05, 0) is 71.7 Å². The van der Waals surface area contributed by atoms with E-state index in [0.29, 0.717) is 38.4 Å². The summed E-state index contributed by atoms with van der Waals surface area (Å²) in [4.78, 5) is 0. The molecule has 2 aromatic rings. The Bertz CT molecular complexity index is 1080. The van der Waals surface area contributed by atoms with Crippen LogP contribution in [0, 0.1) is 19.7 Å². The van der Waals surface area contributed by atoms with Crippen LogP contribution in [0.4, 0.5) is 13.0 Å². The van der Waals surface area contributed by atoms with E-state index in [0.717, 1.165) is 20.1 Å². The molecule has 2 nitrogen and oxygen atoms in total. The summed E-state index contributed by atoms with van der Waals surface area (Å²) in [5, 5.41) is 0. The maximum absolute atomic E-state index is 15.5. The average Bonchev–Trinajstić information content (AvgIpc) is 3.01. The highest BCUT2D eigenvalue weighted by molar-refractivity contribution is 9.10. The summed E-state index contributed by atoms with van der Waals surface area (Å²) in [5.74, 6) is -0.383. The molecule has 4 rings (SSSR count). The maximum atomic E-state index is 15.5. The smallest absolute Gasteiger partial charge is 0.393 e. The highest BCUT2D eigenvalue weighted by Crippen LogP contribution is 2.44. The first-order chi connectivity index (χ1) is 12.1. The van der Waals surface area contributed by atoms with Crippen LogP contribution in [0.15, 0.2) is 46.1 Å². The van der Waals surface area contributed by atoms with Crippen molar-refractivity contribution in [3.63, 3.8) is 0 Å². The van der Waals surface area contributed by atoms with Gasteiger partial charge in [0.2, 0.25) is 0 Å². The van der Waals surface area contributed by atoms with Crippen molar-refractivity contribution in [3.05, 3.63) is 74.4 Å². The Morgan fingerprint density at radius 1 is 1.08 bits per heavy atom. The van der Waals surface area contributed by atoms with Crippen LogP contribution in [0.2, 0.25) is 0 Å². The molecule has 0 spiro atoms. The molecular formula is C19H17BBrF3N2. The van der Waals surface area contributed by atoms with E-state index in [9.17, 15) is 4.39 Å². The molecule has 0 amide bonds. The van der Waals surface area contributed by atoms with Gasteiger partial charge in [-0.1, -0.05) is 6.07 Å². The third-order valence-electron chi connectivity index (χ3n) is 5.14. The van der Waals surface area contributed by atoms with Gasteiger partial charge in [-0.2, -0.15) is 0 Å². The Morgan fingerprint density at radius 2 is 1.77 bits per heavy atom. The predicted octanol–water partition coefficient (Wildman–Crippen LogP) is 5.44. The third kappa shape index (κ3) is 2.16. The van der Waals surface area contributed by atoms with Crippen LogP contribution in [0.5, 0.6) is 0 Å². The number of hydrogen-bond donors (Lipinski definition) is 0. The molecule has 0 atom stereocenters. The molecule has 2 aliphatic heterocycles. The Morgan fingerprint density at radius 3 is 2.42 bits per heavy atom. The summed E-state index contributed by atoms with van der Waals surface area (Å²) in [7, 11) is 0. The summed E-state index contributed by atoms with van der Waals surface area (Å²) in [5.41, 5.74) is 4.99. The molecule has 3 heterocycles. The fourth-order valence-corrected chi connectivity index (χ4v) is 4.60. The van der Waals surface area contributed by atoms with Gasteiger partial charge in [-0.25, -0.2) is 4.39 Å². The average molecular weight is 421 g/mol. The second-order valence-corrected chi connectivity index (χ2v) is 7.82. The van der Waals surface area contributed by atoms with Gasteiger partial charge >= 0.3 is 6.97 Å². The minimum absolute atomic E-state index is 0.310. The number of halogens is 4. The molecule has 0 saturated heterocycles. The van der Waals surface area contributed by atoms with Crippen LogP contribution in [0.25, 0.3) is 5.57 Å². The third-order valence-corrected chi connectivity index (χ3v) is 5.75. The molecule has 134 valence electrons. The molecule has 0 radical (unpaired) electrons. The zero-order chi connectivity index (χ0) is 19.0. The van der Waals surface area contributed by atoms with Crippen molar-refractivity contribution in [3.8, 4) is 0 Å². The molecule has 0 unspecified atom stereocenters. The summed E-state index contributed by atoms with van der Waals surface area (Å²) in [6.45, 7) is 3.07. The van der Waals surface area contributed by atoms with Gasteiger partial charge in [0.25, 0.3) is 0 Å². The molecule has 0 saturated carbocycles. The quantitative estimate of drug-likeness (QED) is 0.543. The zero-order valence-electron chi connectivity index (χ0n) is 14.9. The van der Waals surface area contributed by atoms with E-state index in [1.54, 1.807) is 38.1 Å². The second-order valence-electron chi connectivity index (χ2n) is 6.97. The first kappa shape index (κ1) is 17.4. The normalized spacial score (nSPS) is 18.2. The van der Waals surface area contributed by atoms with Crippen molar-refractivity contribution in [1.29, 1.82) is 0 Å². The Kier molecular flexibility index (Phi) is 3.67. The fraction of sp³-hybridized carbons (Fsp3) is 0.211. The lowest BCUT2D eigenvalue weighted by atomic mass is 9.84. The van der Waals surface area contributed by atoms with E-state index in [1.165, 1.54) is 6.07 Å². The lowest BCUT2D eigenvalue weighted by molar-refractivity contribution is -0.363. The highest BCUT2D eigenvalue weighted by atomic mass is 79.9. The lowest BCUT2D eigenvalue weighted by Gasteiger charge is -2.34. The van der Waals surface area contributed by atoms with Crippen LogP contribution in [0.3, 0.4) is 0 Å². The van der Waals surface area contributed by atoms with Gasteiger partial charge in [-0.3, -0.25) is 0 Å². The van der Waals surface area contributed by atoms with E-state index in [-0.39, 0.29) is 5.82 Å². The van der Waals surface area contributed by atoms with Crippen LogP contribution < -0.4 is 0 Å². The van der Waals surface area contributed by atoms with Crippen LogP contribution in [-0.4, -0.2) is 21.6 Å². The number of benzene rings is 1. The number of fused-ring (bicyclic) bond motifs is 2. The zero-order valence-corrected chi connectivity index (χ0v) is 16.5. The van der Waals surface area contributed by atoms with Gasteiger partial charge in [0.15, 0.2) is 5.70 Å². The molecule has 0 aliphatic carbocycles. The SMILES string of the molecule is CC1=CC(C)=[N+]2C1=C(c1ccc(F)c(Br)c1)c1c(C)cc(C)n1[B-]2(F)F. The van der Waals surface area contributed by atoms with E-state index >= 15 is 8.63 Å². The van der Waals surface area contributed by atoms with E-state index in [4.69, 9.17) is 0 Å². The summed E-state index contributed by atoms with van der Waals surface area (Å²) < 4.78 is 47.3. The van der Waals surface area contributed by atoms with Crippen LogP contribution in [-0.2, 0) is 0 Å². The lowest BCUT2D eigenvalue weighted by Crippen LogP contribution is -2.51. The van der Waals surface area contributed by atoms with E-state index < -0.39 is 6.97 Å². The molecule has 26 heavy (non-hydrogen) atoms. The molecule has 7 heteroatoms. The molecule has 1 aromatic carbocycles. The minimum atomic E-state index is -3.99. The molecule has 0 bridgehead atoms. The maximum Gasteiger partial charge on any atom is 0.737 e. The van der Waals surface area contributed by atoms with Gasteiger partial charge in [-0.15, -0.1) is 0 Å². The van der Waals surface area contributed by atoms with Crippen molar-refractivity contribution in [2.45, 2.75) is 27.7 Å². The molecule has 0 fully saturated rings. The Hall–Kier alpha value is -2.02. The van der Waals surface area contributed by atoms with E-state index in [2.05, 4.69) is 15.9 Å². The van der Waals surface area contributed by atoms with Crippen molar-refractivity contribution in [2.24, 2.45) is 0 Å². The van der Waals surface area contributed by atoms with Crippen molar-refractivity contribution in [1.82, 2.24) is 4.48 Å². The highest BCUT2D eigenvalue weighted by Gasteiger charge is 2.55. The number of allylic oxidation sites excluding steroid dienone is 2. The fourth-order valence-electron chi connectivity index (χ4n) is 4.22. The minimum Gasteiger partial charge on any atom is -0.393 e. The standard InChI is InChI=1S/C19H17BBrF3N2/c1-10-7-12(3)25-18(10)17(14-5-6-16(22)15(21)9-14)19-11(2)8-13(4)26(19)20(25,23)24/h5-9H,1-4H3. The predicted molar refractivity (Wildman–Crippen MR) is 102 cm³/mol. The van der Waals surface area contributed by atoms with Gasteiger partial charge in [0, 0.05) is 24.3 Å². The number of aromatic nitrogens is 1. The number of hydrogen-bond acceptors (Lipinski definition) is 0. The number of rotatable bonds is 1. The van der Waals surface area contributed by atoms with Crippen molar-refractivity contribution in [2.75, 3.05) is 0 Å². The topological polar surface area (TPSA) is 7.94 Å². The largest absolute Gasteiger partial charge is 0.737 e. The first-order valence-electron chi connectivity index (χ1n) is 8.37. The summed E-state index contributed by atoms with van der Waals surface area (Å²) in [6.07, 6.45) is 1.78. The molecular weight excluding hydrogens is 404 g/mol. The molecule has 0 N–H and O–H groups in total. The number of nitrogens with zero attached hydrogens (tertiary/aromatic N) is 2. The summed E-state index contributed by atoms with van der Waals surface area (Å²) in [6, 6.07) is 6.43. The van der Waals surface area contributed by atoms with Gasteiger partial charge in [0.05, 0.1) is 10.0 Å². The van der Waals surface area contributed by atoms with Crippen molar-refractivity contribution < 1.29 is 17.5 Å². The second kappa shape index (κ2) is 5.49. The monoisotopic (exact) mass is 420 g/mol. The number of aryl methyl sites for hydroxylation is 2. The van der Waals surface area contributed by atoms with Gasteiger partial charge < -0.3 is 17.6 Å².